The number of rotatable bonds is 6. The lowest BCUT2D eigenvalue weighted by Gasteiger charge is -2.17. The van der Waals surface area contributed by atoms with Crippen LogP contribution in [0, 0.1) is 11.6 Å². The van der Waals surface area contributed by atoms with Gasteiger partial charge in [-0.05, 0) is 46.7 Å². The van der Waals surface area contributed by atoms with Crippen LogP contribution in [-0.4, -0.2) is 33.2 Å². The fraction of sp³-hybridized carbons (Fsp3) is 0.136. The van der Waals surface area contributed by atoms with Gasteiger partial charge in [-0.1, -0.05) is 23.9 Å². The molecule has 0 aliphatic rings. The highest BCUT2D eigenvalue weighted by atomic mass is 32.2. The molecule has 0 bridgehead atoms. The molecule has 0 spiro atoms. The molecule has 0 radical (unpaired) electrons. The summed E-state index contributed by atoms with van der Waals surface area (Å²) in [5.74, 6) is -1.79. The van der Waals surface area contributed by atoms with Crippen molar-refractivity contribution in [3.63, 3.8) is 0 Å². The zero-order valence-electron chi connectivity index (χ0n) is 16.4. The quantitative estimate of drug-likeness (QED) is 0.317. The maximum Gasteiger partial charge on any atom is 0.266 e. The van der Waals surface area contributed by atoms with Gasteiger partial charge < -0.3 is 4.90 Å². The third-order valence-corrected chi connectivity index (χ3v) is 6.30. The van der Waals surface area contributed by atoms with Crippen LogP contribution >= 0.6 is 23.1 Å². The van der Waals surface area contributed by atoms with Gasteiger partial charge in [0.1, 0.15) is 11.6 Å². The van der Waals surface area contributed by atoms with Crippen LogP contribution in [0.1, 0.15) is 5.56 Å². The Kier molecular flexibility index (Phi) is 6.15. The lowest BCUT2D eigenvalue weighted by atomic mass is 10.2. The topological polar surface area (TPSA) is 55.2 Å². The molecule has 4 rings (SSSR count). The van der Waals surface area contributed by atoms with Crippen molar-refractivity contribution in [3.05, 3.63) is 86.8 Å². The molecular formula is C22H17F2N3O2S2. The second kappa shape index (κ2) is 8.99. The Labute approximate surface area is 185 Å². The van der Waals surface area contributed by atoms with Crippen molar-refractivity contribution in [1.82, 2.24) is 14.5 Å². The van der Waals surface area contributed by atoms with Gasteiger partial charge in [0.05, 0.1) is 22.3 Å². The molecule has 2 heterocycles. The molecule has 158 valence electrons. The lowest BCUT2D eigenvalue weighted by molar-refractivity contribution is -0.127. The largest absolute Gasteiger partial charge is 0.341 e. The minimum atomic E-state index is -0.887. The molecule has 2 aromatic carbocycles. The van der Waals surface area contributed by atoms with Gasteiger partial charge in [-0.25, -0.2) is 13.8 Å². The molecule has 2 aromatic heterocycles. The number of thioether (sulfide) groups is 1. The van der Waals surface area contributed by atoms with Crippen molar-refractivity contribution < 1.29 is 13.6 Å². The monoisotopic (exact) mass is 457 g/mol. The minimum absolute atomic E-state index is 0.00817. The lowest BCUT2D eigenvalue weighted by Crippen LogP contribution is -2.28. The molecule has 5 nitrogen and oxygen atoms in total. The van der Waals surface area contributed by atoms with Crippen molar-refractivity contribution in [2.45, 2.75) is 11.7 Å². The number of nitrogens with zero attached hydrogens (tertiary/aromatic N) is 3. The van der Waals surface area contributed by atoms with E-state index < -0.39 is 17.2 Å². The van der Waals surface area contributed by atoms with Gasteiger partial charge in [0.25, 0.3) is 5.56 Å². The molecule has 0 fully saturated rings. The van der Waals surface area contributed by atoms with E-state index in [9.17, 15) is 18.4 Å². The molecular weight excluding hydrogens is 440 g/mol. The number of amides is 1. The number of para-hydroxylation sites is 1. The van der Waals surface area contributed by atoms with Crippen LogP contribution in [-0.2, 0) is 11.3 Å². The number of hydrogen-bond acceptors (Lipinski definition) is 5. The normalized spacial score (nSPS) is 11.1. The zero-order valence-corrected chi connectivity index (χ0v) is 18.1. The molecule has 0 aliphatic heterocycles. The minimum Gasteiger partial charge on any atom is -0.341 e. The summed E-state index contributed by atoms with van der Waals surface area (Å²) < 4.78 is 29.0. The molecule has 4 aromatic rings. The van der Waals surface area contributed by atoms with Gasteiger partial charge in [0.2, 0.25) is 5.91 Å². The van der Waals surface area contributed by atoms with Crippen LogP contribution in [0.25, 0.3) is 16.6 Å². The number of hydrogen-bond donors (Lipinski definition) is 0. The van der Waals surface area contributed by atoms with E-state index >= 15 is 0 Å². The summed E-state index contributed by atoms with van der Waals surface area (Å²) in [5.41, 5.74) is 0.858. The Bertz CT molecular complexity index is 1310. The summed E-state index contributed by atoms with van der Waals surface area (Å²) in [5, 5.41) is 4.37. The highest BCUT2D eigenvalue weighted by molar-refractivity contribution is 7.99. The smallest absolute Gasteiger partial charge is 0.266 e. The van der Waals surface area contributed by atoms with Gasteiger partial charge in [-0.3, -0.25) is 14.2 Å². The highest BCUT2D eigenvalue weighted by Crippen LogP contribution is 2.24. The van der Waals surface area contributed by atoms with Crippen LogP contribution in [0.4, 0.5) is 8.78 Å². The fourth-order valence-electron chi connectivity index (χ4n) is 3.07. The van der Waals surface area contributed by atoms with E-state index in [0.717, 1.165) is 28.0 Å². The van der Waals surface area contributed by atoms with Gasteiger partial charge in [0, 0.05) is 19.7 Å². The van der Waals surface area contributed by atoms with Crippen LogP contribution in [0.2, 0.25) is 0 Å². The number of fused-ring (bicyclic) bond motifs is 1. The van der Waals surface area contributed by atoms with Crippen molar-refractivity contribution in [3.8, 4) is 5.69 Å². The molecule has 31 heavy (non-hydrogen) atoms. The van der Waals surface area contributed by atoms with Crippen LogP contribution in [0.15, 0.2) is 69.2 Å². The summed E-state index contributed by atoms with van der Waals surface area (Å²) in [7, 11) is 1.70. The first-order chi connectivity index (χ1) is 14.9. The van der Waals surface area contributed by atoms with E-state index in [0.29, 0.717) is 23.5 Å². The maximum absolute atomic E-state index is 14.5. The fourth-order valence-corrected chi connectivity index (χ4v) is 4.67. The van der Waals surface area contributed by atoms with E-state index in [4.69, 9.17) is 0 Å². The second-order valence-corrected chi connectivity index (χ2v) is 8.54. The van der Waals surface area contributed by atoms with E-state index in [1.165, 1.54) is 6.07 Å². The Hall–Kier alpha value is -3.04. The molecule has 1 amide bonds. The first-order valence-electron chi connectivity index (χ1n) is 9.29. The summed E-state index contributed by atoms with van der Waals surface area (Å²) >= 11 is 2.59. The highest BCUT2D eigenvalue weighted by Gasteiger charge is 2.19. The van der Waals surface area contributed by atoms with E-state index in [2.05, 4.69) is 4.98 Å². The van der Waals surface area contributed by atoms with Crippen molar-refractivity contribution in [2.75, 3.05) is 12.8 Å². The van der Waals surface area contributed by atoms with Crippen molar-refractivity contribution in [2.24, 2.45) is 0 Å². The second-order valence-electron chi connectivity index (χ2n) is 6.82. The predicted molar refractivity (Wildman–Crippen MR) is 119 cm³/mol. The van der Waals surface area contributed by atoms with Crippen LogP contribution < -0.4 is 5.56 Å². The van der Waals surface area contributed by atoms with E-state index in [1.807, 2.05) is 16.8 Å². The number of thiophene rings is 1. The maximum atomic E-state index is 14.5. The molecule has 0 N–H and O–H groups in total. The first kappa shape index (κ1) is 21.2. The summed E-state index contributed by atoms with van der Waals surface area (Å²) in [4.78, 5) is 31.8. The third-order valence-electron chi connectivity index (χ3n) is 4.65. The van der Waals surface area contributed by atoms with E-state index in [1.54, 1.807) is 47.5 Å². The molecule has 0 aliphatic carbocycles. The Morgan fingerprint density at radius 1 is 1.19 bits per heavy atom. The van der Waals surface area contributed by atoms with Gasteiger partial charge in [-0.2, -0.15) is 11.3 Å². The van der Waals surface area contributed by atoms with Crippen LogP contribution in [0.3, 0.4) is 0 Å². The Morgan fingerprint density at radius 2 is 2.00 bits per heavy atom. The summed E-state index contributed by atoms with van der Waals surface area (Å²) in [6, 6.07) is 11.6. The Balaban J connectivity index is 1.69. The number of carbonyl (C=O) groups is 1. The molecule has 0 saturated heterocycles. The zero-order chi connectivity index (χ0) is 22.0. The predicted octanol–water partition coefficient (Wildman–Crippen LogP) is 4.48. The number of halogens is 2. The standard InChI is InChI=1S/C22H17F2N3O2S2/c1-26(11-14-8-9-30-12-14)20(28)13-31-22-25-18-5-3-2-4-16(18)21(29)27(22)19-7-6-15(23)10-17(19)24/h2-10,12H,11,13H2,1H3. The average Bonchev–Trinajstić information content (AvgIpc) is 3.26. The van der Waals surface area contributed by atoms with Gasteiger partial charge in [-0.15, -0.1) is 0 Å². The van der Waals surface area contributed by atoms with E-state index in [-0.39, 0.29) is 22.5 Å². The number of carbonyl (C=O) groups excluding carboxylic acids is 1. The SMILES string of the molecule is CN(Cc1ccsc1)C(=O)CSc1nc2ccccc2c(=O)n1-c1ccc(F)cc1F. The molecule has 0 saturated carbocycles. The van der Waals surface area contributed by atoms with Gasteiger partial charge in [0.15, 0.2) is 5.16 Å². The Morgan fingerprint density at radius 3 is 2.74 bits per heavy atom. The van der Waals surface area contributed by atoms with Gasteiger partial charge >= 0.3 is 0 Å². The first-order valence-corrected chi connectivity index (χ1v) is 11.2. The van der Waals surface area contributed by atoms with Crippen LogP contribution in [0.5, 0.6) is 0 Å². The number of aromatic nitrogens is 2. The summed E-state index contributed by atoms with van der Waals surface area (Å²) in [6.07, 6.45) is 0. The average molecular weight is 458 g/mol. The van der Waals surface area contributed by atoms with Crippen molar-refractivity contribution >= 4 is 39.9 Å². The molecule has 0 atom stereocenters. The molecule has 0 unspecified atom stereocenters. The number of benzene rings is 2. The molecule has 9 heteroatoms. The van der Waals surface area contributed by atoms with Crippen molar-refractivity contribution in [1.29, 1.82) is 0 Å². The third kappa shape index (κ3) is 4.52. The summed E-state index contributed by atoms with van der Waals surface area (Å²) in [6.45, 7) is 0.466.